The minimum absolute atomic E-state index is 0.234. The van der Waals surface area contributed by atoms with Crippen LogP contribution >= 0.6 is 0 Å². The number of rotatable bonds is 5. The number of sulfonamides is 1. The van der Waals surface area contributed by atoms with Gasteiger partial charge in [-0.15, -0.1) is 0 Å². The maximum atomic E-state index is 12.0. The first-order chi connectivity index (χ1) is 8.19. The highest BCUT2D eigenvalue weighted by atomic mass is 32.3. The molecule has 1 rings (SSSR count). The second-order valence-corrected chi connectivity index (χ2v) is 9.34. The third kappa shape index (κ3) is 4.18. The van der Waals surface area contributed by atoms with Crippen molar-refractivity contribution < 1.29 is 16.8 Å². The van der Waals surface area contributed by atoms with Crippen LogP contribution in [-0.2, 0) is 19.9 Å². The summed E-state index contributed by atoms with van der Waals surface area (Å²) >= 11 is 0. The molecule has 8 heteroatoms. The zero-order valence-corrected chi connectivity index (χ0v) is 12.7. The van der Waals surface area contributed by atoms with Crippen molar-refractivity contribution in [3.63, 3.8) is 0 Å². The number of hydrogen-bond donors (Lipinski definition) is 1. The molecule has 2 atom stereocenters. The molecule has 1 fully saturated rings. The highest BCUT2D eigenvalue weighted by Gasteiger charge is 2.34. The molecular formula is C10H22N2O4S2. The molecule has 1 N–H and O–H groups in total. The summed E-state index contributed by atoms with van der Waals surface area (Å²) in [6.07, 6.45) is 2.54. The zero-order valence-electron chi connectivity index (χ0n) is 11.1. The number of nitrogens with zero attached hydrogens (tertiary/aromatic N) is 1. The normalized spacial score (nSPS) is 27.3. The largest absolute Gasteiger partial charge is 0.317 e. The lowest BCUT2D eigenvalue weighted by atomic mass is 9.91. The van der Waals surface area contributed by atoms with E-state index in [-0.39, 0.29) is 5.92 Å². The van der Waals surface area contributed by atoms with E-state index in [9.17, 15) is 16.8 Å². The highest BCUT2D eigenvalue weighted by Crippen LogP contribution is 2.22. The van der Waals surface area contributed by atoms with Crippen LogP contribution in [-0.4, -0.2) is 58.7 Å². The minimum atomic E-state index is -3.70. The Morgan fingerprint density at radius 3 is 2.33 bits per heavy atom. The predicted molar refractivity (Wildman–Crippen MR) is 71.4 cm³/mol. The maximum absolute atomic E-state index is 12.0. The Morgan fingerprint density at radius 2 is 1.89 bits per heavy atom. The van der Waals surface area contributed by atoms with E-state index in [0.29, 0.717) is 19.1 Å². The van der Waals surface area contributed by atoms with Gasteiger partial charge in [-0.3, -0.25) is 0 Å². The number of piperidine rings is 1. The Labute approximate surface area is 110 Å². The first-order valence-electron chi connectivity index (χ1n) is 6.02. The van der Waals surface area contributed by atoms with Crippen LogP contribution in [0.3, 0.4) is 0 Å². The average Bonchev–Trinajstić information content (AvgIpc) is 2.24. The van der Waals surface area contributed by atoms with Crippen LogP contribution in [0.2, 0.25) is 0 Å². The minimum Gasteiger partial charge on any atom is -0.317 e. The van der Waals surface area contributed by atoms with Gasteiger partial charge in [-0.1, -0.05) is 13.3 Å². The summed E-state index contributed by atoms with van der Waals surface area (Å²) in [7, 11) is -5.35. The van der Waals surface area contributed by atoms with E-state index >= 15 is 0 Å². The summed E-state index contributed by atoms with van der Waals surface area (Å²) in [5, 5.41) is 2.39. The Kier molecular flexibility index (Phi) is 5.16. The molecule has 1 aliphatic rings. The summed E-state index contributed by atoms with van der Waals surface area (Å²) in [5.41, 5.74) is 0. The van der Waals surface area contributed by atoms with E-state index in [1.54, 1.807) is 0 Å². The molecule has 0 aromatic rings. The second kappa shape index (κ2) is 5.85. The van der Waals surface area contributed by atoms with Gasteiger partial charge in [0.2, 0.25) is 10.0 Å². The van der Waals surface area contributed by atoms with Crippen molar-refractivity contribution in [2.45, 2.75) is 25.8 Å². The van der Waals surface area contributed by atoms with E-state index in [4.69, 9.17) is 0 Å². The van der Waals surface area contributed by atoms with Gasteiger partial charge in [0, 0.05) is 25.4 Å². The Balaban J connectivity index is 2.80. The van der Waals surface area contributed by atoms with Gasteiger partial charge in [0.05, 0.1) is 0 Å². The Hall–Kier alpha value is -0.180. The van der Waals surface area contributed by atoms with E-state index in [0.717, 1.165) is 19.1 Å². The first-order valence-corrected chi connectivity index (χ1v) is 9.69. The quantitative estimate of drug-likeness (QED) is 0.749. The number of nitrogens with one attached hydrogen (secondary N) is 1. The van der Waals surface area contributed by atoms with Crippen molar-refractivity contribution in [2.24, 2.45) is 5.92 Å². The molecule has 0 aromatic heterocycles. The molecule has 2 unspecified atom stereocenters. The molecule has 0 bridgehead atoms. The molecule has 0 saturated carbocycles. The lowest BCUT2D eigenvalue weighted by Gasteiger charge is -2.37. The van der Waals surface area contributed by atoms with Crippen LogP contribution < -0.4 is 5.32 Å². The van der Waals surface area contributed by atoms with Gasteiger partial charge < -0.3 is 5.32 Å². The average molecular weight is 298 g/mol. The molecule has 1 heterocycles. The molecular weight excluding hydrogens is 276 g/mol. The van der Waals surface area contributed by atoms with Crippen LogP contribution in [0.1, 0.15) is 19.8 Å². The number of hydrogen-bond acceptors (Lipinski definition) is 5. The highest BCUT2D eigenvalue weighted by molar-refractivity contribution is 8.06. The van der Waals surface area contributed by atoms with Crippen LogP contribution in [0.5, 0.6) is 0 Å². The molecule has 6 nitrogen and oxygen atoms in total. The lowest BCUT2D eigenvalue weighted by Crippen LogP contribution is -2.50. The molecule has 0 amide bonds. The lowest BCUT2D eigenvalue weighted by molar-refractivity contribution is 0.210. The predicted octanol–water partition coefficient (Wildman–Crippen LogP) is -0.362. The van der Waals surface area contributed by atoms with E-state index in [1.807, 2.05) is 14.0 Å². The first kappa shape index (κ1) is 15.9. The van der Waals surface area contributed by atoms with E-state index in [2.05, 4.69) is 5.32 Å². The summed E-state index contributed by atoms with van der Waals surface area (Å²) in [6.45, 7) is 2.81. The molecule has 0 aliphatic carbocycles. The van der Waals surface area contributed by atoms with Gasteiger partial charge in [0.25, 0.3) is 0 Å². The third-order valence-corrected chi connectivity index (χ3v) is 7.37. The molecule has 0 spiro atoms. The molecule has 0 aromatic carbocycles. The van der Waals surface area contributed by atoms with Crippen molar-refractivity contribution in [1.29, 1.82) is 0 Å². The maximum Gasteiger partial charge on any atom is 0.228 e. The van der Waals surface area contributed by atoms with Gasteiger partial charge in [-0.25, -0.2) is 21.1 Å². The fourth-order valence-corrected chi connectivity index (χ4v) is 5.95. The topological polar surface area (TPSA) is 83.6 Å². The van der Waals surface area contributed by atoms with Gasteiger partial charge in [0.1, 0.15) is 0 Å². The smallest absolute Gasteiger partial charge is 0.228 e. The summed E-state index contributed by atoms with van der Waals surface area (Å²) < 4.78 is 47.6. The molecule has 1 aliphatic heterocycles. The van der Waals surface area contributed by atoms with Crippen LogP contribution in [0, 0.1) is 5.92 Å². The Bertz CT molecular complexity index is 472. The zero-order chi connectivity index (χ0) is 14.0. The molecule has 18 heavy (non-hydrogen) atoms. The standard InChI is InChI=1S/C10H22N2O4S2/c1-4-9-7-12(6-5-10(9)11-2)18(15,16)8-17(3,13)14/h9-11H,4-8H2,1-3H3. The van der Waals surface area contributed by atoms with Crippen molar-refractivity contribution in [2.75, 3.05) is 31.5 Å². The van der Waals surface area contributed by atoms with Crippen LogP contribution in [0.25, 0.3) is 0 Å². The molecule has 0 radical (unpaired) electrons. The second-order valence-electron chi connectivity index (χ2n) is 4.87. The van der Waals surface area contributed by atoms with Gasteiger partial charge in [-0.05, 0) is 19.4 Å². The van der Waals surface area contributed by atoms with Crippen molar-refractivity contribution in [1.82, 2.24) is 9.62 Å². The monoisotopic (exact) mass is 298 g/mol. The summed E-state index contributed by atoms with van der Waals surface area (Å²) in [4.78, 5) is 0. The molecule has 108 valence electrons. The molecule has 1 saturated heterocycles. The van der Waals surface area contributed by atoms with Gasteiger partial charge in [-0.2, -0.15) is 0 Å². The fourth-order valence-electron chi connectivity index (χ4n) is 2.39. The SMILES string of the molecule is CCC1CN(S(=O)(=O)CS(C)(=O)=O)CCC1NC. The van der Waals surface area contributed by atoms with Crippen LogP contribution in [0.4, 0.5) is 0 Å². The van der Waals surface area contributed by atoms with E-state index < -0.39 is 24.9 Å². The van der Waals surface area contributed by atoms with Crippen molar-refractivity contribution >= 4 is 19.9 Å². The van der Waals surface area contributed by atoms with Gasteiger partial charge in [0.15, 0.2) is 14.9 Å². The van der Waals surface area contributed by atoms with E-state index in [1.165, 1.54) is 4.31 Å². The van der Waals surface area contributed by atoms with Crippen LogP contribution in [0.15, 0.2) is 0 Å². The third-order valence-electron chi connectivity index (χ3n) is 3.35. The number of sulfone groups is 1. The van der Waals surface area contributed by atoms with Crippen molar-refractivity contribution in [3.05, 3.63) is 0 Å². The fraction of sp³-hybridized carbons (Fsp3) is 1.00. The van der Waals surface area contributed by atoms with Crippen molar-refractivity contribution in [3.8, 4) is 0 Å². The summed E-state index contributed by atoms with van der Waals surface area (Å²) in [5.74, 6) is 0.234. The summed E-state index contributed by atoms with van der Waals surface area (Å²) in [6, 6.07) is 0.305. The Morgan fingerprint density at radius 1 is 1.28 bits per heavy atom. The van der Waals surface area contributed by atoms with Gasteiger partial charge >= 0.3 is 0 Å².